The highest BCUT2D eigenvalue weighted by Gasteiger charge is 2.26. The highest BCUT2D eigenvalue weighted by atomic mass is 127. The molecule has 0 aromatic heterocycles. The molecule has 31 heavy (non-hydrogen) atoms. The molecule has 1 heterocycles. The molecule has 12 heteroatoms. The van der Waals surface area contributed by atoms with Gasteiger partial charge < -0.3 is 14.2 Å². The zero-order valence-corrected chi connectivity index (χ0v) is 19.9. The smallest absolute Gasteiger partial charge is 0.339 e. The number of imide groups is 1. The Balaban J connectivity index is 1.90. The molecule has 2 N–H and O–H groups in total. The standard InChI is InChI=1S/C19H15IN2O7S2/c1-10(23)21-12-3-5-13(6-4-12)31(26,27)29-17-14(20)7-11(8-15(17)28-2)9-16-18(24)22-19(25)30-16/h3-9H,1-2H3,(H,21,23)(H,22,24,25)/b16-9-. The van der Waals surface area contributed by atoms with Crippen molar-refractivity contribution in [3.63, 3.8) is 0 Å². The van der Waals surface area contributed by atoms with E-state index in [2.05, 4.69) is 10.6 Å². The van der Waals surface area contributed by atoms with Gasteiger partial charge in [0, 0.05) is 12.6 Å². The second-order valence-electron chi connectivity index (χ2n) is 6.13. The summed E-state index contributed by atoms with van der Waals surface area (Å²) in [5.74, 6) is -0.670. The second kappa shape index (κ2) is 9.28. The summed E-state index contributed by atoms with van der Waals surface area (Å²) in [6.45, 7) is 1.34. The number of hydrogen-bond acceptors (Lipinski definition) is 8. The van der Waals surface area contributed by atoms with E-state index in [9.17, 15) is 22.8 Å². The van der Waals surface area contributed by atoms with Crippen molar-refractivity contribution in [3.05, 3.63) is 50.4 Å². The lowest BCUT2D eigenvalue weighted by Crippen LogP contribution is -2.17. The minimum atomic E-state index is -4.19. The Kier molecular flexibility index (Phi) is 6.91. The van der Waals surface area contributed by atoms with Crippen molar-refractivity contribution < 1.29 is 31.7 Å². The molecule has 2 aromatic carbocycles. The highest BCUT2D eigenvalue weighted by molar-refractivity contribution is 14.1. The van der Waals surface area contributed by atoms with E-state index in [1.165, 1.54) is 50.4 Å². The molecule has 0 unspecified atom stereocenters. The number of methoxy groups -OCH3 is 1. The molecular formula is C19H15IN2O7S2. The third-order valence-corrected chi connectivity index (χ3v) is 6.70. The fourth-order valence-corrected chi connectivity index (χ4v) is 5.07. The van der Waals surface area contributed by atoms with Crippen molar-refractivity contribution in [3.8, 4) is 11.5 Å². The van der Waals surface area contributed by atoms with Gasteiger partial charge in [-0.15, -0.1) is 0 Å². The quantitative estimate of drug-likeness (QED) is 0.306. The SMILES string of the molecule is COc1cc(/C=C2\SC(=O)NC2=O)cc(I)c1OS(=O)(=O)c1ccc(NC(C)=O)cc1. The fraction of sp³-hybridized carbons (Fsp3) is 0.105. The van der Waals surface area contributed by atoms with Crippen LogP contribution in [0.3, 0.4) is 0 Å². The van der Waals surface area contributed by atoms with Gasteiger partial charge in [0.1, 0.15) is 4.90 Å². The van der Waals surface area contributed by atoms with E-state index in [0.717, 1.165) is 11.8 Å². The second-order valence-corrected chi connectivity index (χ2v) is 9.85. The van der Waals surface area contributed by atoms with Crippen LogP contribution < -0.4 is 19.6 Å². The molecule has 3 amide bonds. The first-order valence-electron chi connectivity index (χ1n) is 8.53. The first-order valence-corrected chi connectivity index (χ1v) is 11.8. The Morgan fingerprint density at radius 2 is 1.87 bits per heavy atom. The van der Waals surface area contributed by atoms with E-state index in [-0.39, 0.29) is 27.2 Å². The van der Waals surface area contributed by atoms with Gasteiger partial charge in [-0.05, 0) is 82.4 Å². The molecule has 0 bridgehead atoms. The van der Waals surface area contributed by atoms with Crippen molar-refractivity contribution in [2.75, 3.05) is 12.4 Å². The third kappa shape index (κ3) is 5.57. The van der Waals surface area contributed by atoms with Gasteiger partial charge in [0.15, 0.2) is 11.5 Å². The molecule has 2 aromatic rings. The molecule has 9 nitrogen and oxygen atoms in total. The summed E-state index contributed by atoms with van der Waals surface area (Å²) in [5.41, 5.74) is 0.973. The van der Waals surface area contributed by atoms with Crippen LogP contribution >= 0.6 is 34.4 Å². The van der Waals surface area contributed by atoms with Crippen molar-refractivity contribution >= 4 is 73.3 Å². The van der Waals surface area contributed by atoms with Crippen molar-refractivity contribution in [2.24, 2.45) is 0 Å². The number of benzene rings is 2. The van der Waals surface area contributed by atoms with Crippen LogP contribution in [0.2, 0.25) is 0 Å². The molecule has 0 aliphatic carbocycles. The number of thioether (sulfide) groups is 1. The van der Waals surface area contributed by atoms with Gasteiger partial charge in [-0.1, -0.05) is 0 Å². The molecule has 3 rings (SSSR count). The number of hydrogen-bond donors (Lipinski definition) is 2. The predicted molar refractivity (Wildman–Crippen MR) is 123 cm³/mol. The number of halogens is 1. The largest absolute Gasteiger partial charge is 0.493 e. The van der Waals surface area contributed by atoms with E-state index in [1.54, 1.807) is 6.07 Å². The first-order chi connectivity index (χ1) is 14.6. The molecule has 0 spiro atoms. The number of amides is 3. The van der Waals surface area contributed by atoms with Gasteiger partial charge in [-0.25, -0.2) is 0 Å². The van der Waals surface area contributed by atoms with Crippen LogP contribution in [0.1, 0.15) is 12.5 Å². The summed E-state index contributed by atoms with van der Waals surface area (Å²) in [4.78, 5) is 34.3. The van der Waals surface area contributed by atoms with Crippen molar-refractivity contribution in [2.45, 2.75) is 11.8 Å². The molecule has 1 aliphatic heterocycles. The van der Waals surface area contributed by atoms with Crippen LogP contribution in [0.15, 0.2) is 46.2 Å². The Labute approximate surface area is 195 Å². The Morgan fingerprint density at radius 1 is 1.19 bits per heavy atom. The fourth-order valence-electron chi connectivity index (χ4n) is 2.54. The molecule has 0 saturated carbocycles. The van der Waals surface area contributed by atoms with Gasteiger partial charge in [-0.3, -0.25) is 19.7 Å². The van der Waals surface area contributed by atoms with Crippen LogP contribution in [-0.4, -0.2) is 32.6 Å². The predicted octanol–water partition coefficient (Wildman–Crippen LogP) is 3.35. The number of ether oxygens (including phenoxy) is 1. The van der Waals surface area contributed by atoms with E-state index < -0.39 is 21.3 Å². The summed E-state index contributed by atoms with van der Waals surface area (Å²) in [7, 11) is -2.84. The molecule has 1 fully saturated rings. The minimum absolute atomic E-state index is 0.0178. The van der Waals surface area contributed by atoms with Gasteiger partial charge in [0.05, 0.1) is 15.6 Å². The summed E-state index contributed by atoms with van der Waals surface area (Å²) < 4.78 is 36.5. The summed E-state index contributed by atoms with van der Waals surface area (Å²) in [6.07, 6.45) is 1.49. The molecule has 162 valence electrons. The maximum absolute atomic E-state index is 12.7. The summed E-state index contributed by atoms with van der Waals surface area (Å²) in [6, 6.07) is 8.60. The van der Waals surface area contributed by atoms with E-state index in [0.29, 0.717) is 14.8 Å². The number of carbonyl (C=O) groups is 3. The number of rotatable bonds is 6. The highest BCUT2D eigenvalue weighted by Crippen LogP contribution is 2.37. The number of nitrogens with one attached hydrogen (secondary N) is 2. The summed E-state index contributed by atoms with van der Waals surface area (Å²) in [5, 5.41) is 4.25. The van der Waals surface area contributed by atoms with E-state index in [4.69, 9.17) is 8.92 Å². The van der Waals surface area contributed by atoms with Crippen LogP contribution in [-0.2, 0) is 19.7 Å². The van der Waals surface area contributed by atoms with Crippen LogP contribution in [0.5, 0.6) is 11.5 Å². The van der Waals surface area contributed by atoms with E-state index in [1.807, 2.05) is 22.6 Å². The van der Waals surface area contributed by atoms with Gasteiger partial charge in [0.25, 0.3) is 11.1 Å². The van der Waals surface area contributed by atoms with Crippen LogP contribution in [0.25, 0.3) is 6.08 Å². The zero-order chi connectivity index (χ0) is 22.8. The average Bonchev–Trinajstić information content (AvgIpc) is 3.00. The number of anilines is 1. The van der Waals surface area contributed by atoms with Crippen molar-refractivity contribution in [1.29, 1.82) is 0 Å². The van der Waals surface area contributed by atoms with Crippen LogP contribution in [0, 0.1) is 3.57 Å². The van der Waals surface area contributed by atoms with Gasteiger partial charge in [-0.2, -0.15) is 8.42 Å². The van der Waals surface area contributed by atoms with Gasteiger partial charge in [0.2, 0.25) is 5.91 Å². The summed E-state index contributed by atoms with van der Waals surface area (Å²) >= 11 is 2.66. The third-order valence-electron chi connectivity index (χ3n) is 3.85. The Hall–Kier alpha value is -2.58. The lowest BCUT2D eigenvalue weighted by Gasteiger charge is -2.14. The zero-order valence-electron chi connectivity index (χ0n) is 16.1. The monoisotopic (exact) mass is 574 g/mol. The average molecular weight is 574 g/mol. The maximum Gasteiger partial charge on any atom is 0.339 e. The molecule has 1 aliphatic rings. The first kappa shape index (κ1) is 23.1. The molecule has 0 radical (unpaired) electrons. The van der Waals surface area contributed by atoms with Crippen LogP contribution in [0.4, 0.5) is 10.5 Å². The van der Waals surface area contributed by atoms with E-state index >= 15 is 0 Å². The van der Waals surface area contributed by atoms with Crippen molar-refractivity contribution in [1.82, 2.24) is 5.32 Å². The Bertz CT molecular complexity index is 1210. The Morgan fingerprint density at radius 3 is 2.42 bits per heavy atom. The molecular weight excluding hydrogens is 559 g/mol. The lowest BCUT2D eigenvalue weighted by molar-refractivity contribution is -0.115. The maximum atomic E-state index is 12.7. The lowest BCUT2D eigenvalue weighted by atomic mass is 10.2. The van der Waals surface area contributed by atoms with Gasteiger partial charge >= 0.3 is 10.1 Å². The minimum Gasteiger partial charge on any atom is -0.493 e. The molecule has 0 atom stereocenters. The normalized spacial score (nSPS) is 15.0. The topological polar surface area (TPSA) is 128 Å². The molecule has 1 saturated heterocycles. The number of carbonyl (C=O) groups excluding carboxylic acids is 3.